The van der Waals surface area contributed by atoms with Crippen molar-refractivity contribution in [3.05, 3.63) is 39.9 Å². The Morgan fingerprint density at radius 3 is 2.89 bits per heavy atom. The second-order valence-corrected chi connectivity index (χ2v) is 4.69. The number of nitrogens with zero attached hydrogens (tertiary/aromatic N) is 2. The average molecular weight is 250 g/mol. The lowest BCUT2D eigenvalue weighted by Gasteiger charge is -2.34. The number of rotatable bonds is 4. The monoisotopic (exact) mass is 250 g/mol. The molecule has 1 atom stereocenters. The van der Waals surface area contributed by atoms with Gasteiger partial charge in [-0.3, -0.25) is 15.0 Å². The van der Waals surface area contributed by atoms with Gasteiger partial charge in [-0.15, -0.1) is 0 Å². The fourth-order valence-electron chi connectivity index (χ4n) is 2.52. The van der Waals surface area contributed by atoms with Crippen LogP contribution in [0.2, 0.25) is 0 Å². The molecular weight excluding hydrogens is 232 g/mol. The number of aliphatic hydroxyl groups excluding tert-OH is 1. The van der Waals surface area contributed by atoms with Crippen molar-refractivity contribution < 1.29 is 10.0 Å². The zero-order chi connectivity index (χ0) is 13.0. The van der Waals surface area contributed by atoms with Gasteiger partial charge in [0.2, 0.25) is 0 Å². The number of nitro benzene ring substituents is 1. The van der Waals surface area contributed by atoms with E-state index in [0.29, 0.717) is 6.54 Å². The normalized spacial score (nSPS) is 20.8. The number of piperidine rings is 1. The van der Waals surface area contributed by atoms with E-state index in [1.807, 2.05) is 6.07 Å². The summed E-state index contributed by atoms with van der Waals surface area (Å²) in [6.07, 6.45) is 3.19. The molecule has 1 fully saturated rings. The summed E-state index contributed by atoms with van der Waals surface area (Å²) < 4.78 is 0. The second kappa shape index (κ2) is 5.93. The quantitative estimate of drug-likeness (QED) is 0.655. The molecule has 1 heterocycles. The highest BCUT2D eigenvalue weighted by atomic mass is 16.6. The maximum Gasteiger partial charge on any atom is 0.273 e. The Morgan fingerprint density at radius 2 is 2.17 bits per heavy atom. The predicted molar refractivity (Wildman–Crippen MR) is 68.2 cm³/mol. The summed E-state index contributed by atoms with van der Waals surface area (Å²) in [4.78, 5) is 12.8. The van der Waals surface area contributed by atoms with Crippen LogP contribution in [0.25, 0.3) is 0 Å². The van der Waals surface area contributed by atoms with Crippen molar-refractivity contribution in [3.8, 4) is 0 Å². The van der Waals surface area contributed by atoms with Gasteiger partial charge >= 0.3 is 0 Å². The fraction of sp³-hybridized carbons (Fsp3) is 0.538. The van der Waals surface area contributed by atoms with Crippen LogP contribution in [0.1, 0.15) is 24.8 Å². The van der Waals surface area contributed by atoms with Gasteiger partial charge in [0.05, 0.1) is 11.5 Å². The van der Waals surface area contributed by atoms with Crippen molar-refractivity contribution in [3.63, 3.8) is 0 Å². The largest absolute Gasteiger partial charge is 0.395 e. The van der Waals surface area contributed by atoms with Crippen LogP contribution in [-0.4, -0.2) is 34.1 Å². The Morgan fingerprint density at radius 1 is 1.39 bits per heavy atom. The molecule has 0 radical (unpaired) electrons. The summed E-state index contributed by atoms with van der Waals surface area (Å²) in [6.45, 7) is 1.57. The number of hydrogen-bond acceptors (Lipinski definition) is 4. The van der Waals surface area contributed by atoms with Crippen molar-refractivity contribution in [2.24, 2.45) is 0 Å². The molecule has 0 saturated carbocycles. The molecule has 2 rings (SSSR count). The van der Waals surface area contributed by atoms with Crippen LogP contribution in [0.4, 0.5) is 5.69 Å². The molecule has 5 nitrogen and oxygen atoms in total. The van der Waals surface area contributed by atoms with Crippen molar-refractivity contribution in [2.45, 2.75) is 31.8 Å². The molecule has 0 aliphatic carbocycles. The lowest BCUT2D eigenvalue weighted by molar-refractivity contribution is -0.385. The number of aliphatic hydroxyl groups is 1. The number of nitro groups is 1. The van der Waals surface area contributed by atoms with Gasteiger partial charge in [-0.2, -0.15) is 0 Å². The lowest BCUT2D eigenvalue weighted by atomic mass is 10.0. The van der Waals surface area contributed by atoms with E-state index in [2.05, 4.69) is 4.90 Å². The van der Waals surface area contributed by atoms with Gasteiger partial charge in [0.25, 0.3) is 5.69 Å². The number of likely N-dealkylation sites (tertiary alicyclic amines) is 1. The third-order valence-corrected chi connectivity index (χ3v) is 3.52. The third-order valence-electron chi connectivity index (χ3n) is 3.52. The maximum atomic E-state index is 11.0. The van der Waals surface area contributed by atoms with Crippen LogP contribution >= 0.6 is 0 Å². The molecule has 98 valence electrons. The summed E-state index contributed by atoms with van der Waals surface area (Å²) in [5, 5.41) is 20.3. The molecule has 0 aromatic heterocycles. The Hall–Kier alpha value is -1.46. The minimum atomic E-state index is -0.340. The van der Waals surface area contributed by atoms with Gasteiger partial charge in [-0.1, -0.05) is 24.6 Å². The van der Waals surface area contributed by atoms with Crippen molar-refractivity contribution in [2.75, 3.05) is 13.2 Å². The van der Waals surface area contributed by atoms with Crippen LogP contribution in [-0.2, 0) is 6.54 Å². The summed E-state index contributed by atoms with van der Waals surface area (Å²) in [7, 11) is 0. The predicted octanol–water partition coefficient (Wildman–Crippen LogP) is 1.94. The van der Waals surface area contributed by atoms with E-state index >= 15 is 0 Å². The summed E-state index contributed by atoms with van der Waals surface area (Å²) in [5.41, 5.74) is 0.891. The molecule has 18 heavy (non-hydrogen) atoms. The Kier molecular flexibility index (Phi) is 4.28. The molecule has 5 heteroatoms. The zero-order valence-electron chi connectivity index (χ0n) is 10.3. The fourth-order valence-corrected chi connectivity index (χ4v) is 2.52. The van der Waals surface area contributed by atoms with E-state index in [4.69, 9.17) is 0 Å². The van der Waals surface area contributed by atoms with Crippen molar-refractivity contribution in [1.29, 1.82) is 0 Å². The Bertz CT molecular complexity index is 422. The summed E-state index contributed by atoms with van der Waals surface area (Å²) in [6, 6.07) is 6.97. The first kappa shape index (κ1) is 13.0. The minimum absolute atomic E-state index is 0.126. The van der Waals surface area contributed by atoms with Crippen LogP contribution in [0.3, 0.4) is 0 Å². The van der Waals surface area contributed by atoms with Crippen LogP contribution in [0, 0.1) is 10.1 Å². The molecule has 0 spiro atoms. The molecular formula is C13H18N2O3. The van der Waals surface area contributed by atoms with Crippen molar-refractivity contribution in [1.82, 2.24) is 4.90 Å². The highest BCUT2D eigenvalue weighted by Crippen LogP contribution is 2.24. The van der Waals surface area contributed by atoms with Crippen LogP contribution < -0.4 is 0 Å². The first-order valence-electron chi connectivity index (χ1n) is 6.29. The molecule has 1 aromatic rings. The van der Waals surface area contributed by atoms with Gasteiger partial charge in [-0.05, 0) is 19.4 Å². The van der Waals surface area contributed by atoms with Gasteiger partial charge in [-0.25, -0.2) is 0 Å². The average Bonchev–Trinajstić information content (AvgIpc) is 2.40. The lowest BCUT2D eigenvalue weighted by Crippen LogP contribution is -2.41. The minimum Gasteiger partial charge on any atom is -0.395 e. The van der Waals surface area contributed by atoms with Gasteiger partial charge < -0.3 is 5.11 Å². The SMILES string of the molecule is O=[N+]([O-])c1ccccc1CN1CCCC[C@H]1CO. The molecule has 0 amide bonds. The summed E-state index contributed by atoms with van der Waals surface area (Å²) >= 11 is 0. The van der Waals surface area contributed by atoms with Gasteiger partial charge in [0, 0.05) is 24.2 Å². The van der Waals surface area contributed by atoms with E-state index in [1.54, 1.807) is 12.1 Å². The van der Waals surface area contributed by atoms with E-state index in [-0.39, 0.29) is 23.3 Å². The summed E-state index contributed by atoms with van der Waals surface area (Å²) in [5.74, 6) is 0. The van der Waals surface area contributed by atoms with E-state index < -0.39 is 0 Å². The second-order valence-electron chi connectivity index (χ2n) is 4.69. The molecule has 1 aromatic carbocycles. The van der Waals surface area contributed by atoms with E-state index in [1.165, 1.54) is 6.07 Å². The van der Waals surface area contributed by atoms with Gasteiger partial charge in [0.15, 0.2) is 0 Å². The van der Waals surface area contributed by atoms with Crippen LogP contribution in [0.5, 0.6) is 0 Å². The van der Waals surface area contributed by atoms with Gasteiger partial charge in [0.1, 0.15) is 0 Å². The number of benzene rings is 1. The standard InChI is InChI=1S/C13H18N2O3/c16-10-12-6-3-4-8-14(12)9-11-5-1-2-7-13(11)15(17)18/h1-2,5,7,12,16H,3-4,6,8-10H2/t12-/m0/s1. The first-order chi connectivity index (χ1) is 8.72. The van der Waals surface area contributed by atoms with E-state index in [0.717, 1.165) is 31.4 Å². The molecule has 1 N–H and O–H groups in total. The Balaban J connectivity index is 2.15. The zero-order valence-corrected chi connectivity index (χ0v) is 10.3. The molecule has 1 aliphatic heterocycles. The van der Waals surface area contributed by atoms with E-state index in [9.17, 15) is 15.2 Å². The maximum absolute atomic E-state index is 11.0. The highest BCUT2D eigenvalue weighted by molar-refractivity contribution is 5.39. The highest BCUT2D eigenvalue weighted by Gasteiger charge is 2.24. The number of para-hydroxylation sites is 1. The van der Waals surface area contributed by atoms with Crippen LogP contribution in [0.15, 0.2) is 24.3 Å². The first-order valence-corrected chi connectivity index (χ1v) is 6.29. The molecule has 1 aliphatic rings. The third kappa shape index (κ3) is 2.86. The smallest absolute Gasteiger partial charge is 0.273 e. The molecule has 0 unspecified atom stereocenters. The topological polar surface area (TPSA) is 66.6 Å². The molecule has 1 saturated heterocycles. The van der Waals surface area contributed by atoms with Crippen molar-refractivity contribution >= 4 is 5.69 Å². The number of hydrogen-bond donors (Lipinski definition) is 1. The Labute approximate surface area is 106 Å². The molecule has 0 bridgehead atoms.